The molecule has 0 atom stereocenters. The SMILES string of the molecule is N#Cc1ccc(OCCN2CCN(S(=O)(=O)N3CCCCCC3)CC2)cc1. The third kappa shape index (κ3) is 5.42. The van der Waals surface area contributed by atoms with Crippen LogP contribution in [0.5, 0.6) is 5.75 Å². The third-order valence-electron chi connectivity index (χ3n) is 5.21. The van der Waals surface area contributed by atoms with E-state index in [1.54, 1.807) is 32.9 Å². The first-order valence-corrected chi connectivity index (χ1v) is 11.1. The maximum atomic E-state index is 12.8. The first-order chi connectivity index (χ1) is 13.1. The zero-order chi connectivity index (χ0) is 19.1. The van der Waals surface area contributed by atoms with Gasteiger partial charge in [-0.15, -0.1) is 0 Å². The van der Waals surface area contributed by atoms with E-state index in [0.29, 0.717) is 38.3 Å². The molecule has 0 N–H and O–H groups in total. The molecule has 3 rings (SSSR count). The number of hydrogen-bond donors (Lipinski definition) is 0. The zero-order valence-electron chi connectivity index (χ0n) is 15.7. The molecular formula is C19H28N4O3S. The molecule has 2 saturated heterocycles. The van der Waals surface area contributed by atoms with Gasteiger partial charge in [0.2, 0.25) is 0 Å². The number of benzene rings is 1. The molecule has 7 nitrogen and oxygen atoms in total. The summed E-state index contributed by atoms with van der Waals surface area (Å²) in [4.78, 5) is 2.23. The summed E-state index contributed by atoms with van der Waals surface area (Å²) < 4.78 is 34.7. The summed E-state index contributed by atoms with van der Waals surface area (Å²) in [6.45, 7) is 5.14. The fraction of sp³-hybridized carbons (Fsp3) is 0.632. The smallest absolute Gasteiger partial charge is 0.282 e. The average Bonchev–Trinajstić information content (AvgIpc) is 2.99. The molecule has 0 amide bonds. The molecule has 148 valence electrons. The van der Waals surface area contributed by atoms with Gasteiger partial charge in [-0.3, -0.25) is 4.90 Å². The van der Waals surface area contributed by atoms with Crippen LogP contribution in [0.15, 0.2) is 24.3 Å². The van der Waals surface area contributed by atoms with Gasteiger partial charge in [0.25, 0.3) is 10.2 Å². The second-order valence-electron chi connectivity index (χ2n) is 7.05. The third-order valence-corrected chi connectivity index (χ3v) is 7.24. The molecule has 1 aromatic rings. The van der Waals surface area contributed by atoms with Gasteiger partial charge < -0.3 is 4.74 Å². The van der Waals surface area contributed by atoms with Gasteiger partial charge >= 0.3 is 0 Å². The second-order valence-corrected chi connectivity index (χ2v) is 8.97. The van der Waals surface area contributed by atoms with Gasteiger partial charge in [-0.05, 0) is 37.1 Å². The first-order valence-electron chi connectivity index (χ1n) is 9.70. The highest BCUT2D eigenvalue weighted by Crippen LogP contribution is 2.18. The molecule has 0 bridgehead atoms. The molecule has 2 aliphatic heterocycles. The standard InChI is InChI=1S/C19H28N4O3S/c20-17-18-5-7-19(8-6-18)26-16-15-21-11-13-23(14-12-21)27(24,25)22-9-3-1-2-4-10-22/h5-8H,1-4,9-16H2. The van der Waals surface area contributed by atoms with E-state index in [4.69, 9.17) is 10.00 Å². The minimum atomic E-state index is -3.32. The Labute approximate surface area is 162 Å². The summed E-state index contributed by atoms with van der Waals surface area (Å²) in [6.07, 6.45) is 4.18. The zero-order valence-corrected chi connectivity index (χ0v) is 16.5. The quantitative estimate of drug-likeness (QED) is 0.736. The van der Waals surface area contributed by atoms with Crippen LogP contribution in [0, 0.1) is 11.3 Å². The molecule has 0 radical (unpaired) electrons. The van der Waals surface area contributed by atoms with Crippen LogP contribution in [0.2, 0.25) is 0 Å². The average molecular weight is 393 g/mol. The molecule has 0 aliphatic carbocycles. The van der Waals surface area contributed by atoms with E-state index in [1.807, 2.05) is 0 Å². The molecule has 2 fully saturated rings. The van der Waals surface area contributed by atoms with E-state index < -0.39 is 10.2 Å². The van der Waals surface area contributed by atoms with Crippen molar-refractivity contribution in [1.29, 1.82) is 5.26 Å². The minimum absolute atomic E-state index is 0.537. The van der Waals surface area contributed by atoms with E-state index in [-0.39, 0.29) is 0 Å². The number of ether oxygens (including phenoxy) is 1. The first kappa shape index (κ1) is 20.1. The molecule has 2 heterocycles. The normalized spacial score (nSPS) is 20.7. The van der Waals surface area contributed by atoms with Gasteiger partial charge in [0.1, 0.15) is 12.4 Å². The molecule has 8 heteroatoms. The van der Waals surface area contributed by atoms with Gasteiger partial charge in [0, 0.05) is 45.8 Å². The summed E-state index contributed by atoms with van der Waals surface area (Å²) in [7, 11) is -3.32. The van der Waals surface area contributed by atoms with Gasteiger partial charge in [0.15, 0.2) is 0 Å². The van der Waals surface area contributed by atoms with E-state index in [0.717, 1.165) is 51.1 Å². The molecule has 2 aliphatic rings. The minimum Gasteiger partial charge on any atom is -0.492 e. The van der Waals surface area contributed by atoms with Crippen LogP contribution in [0.25, 0.3) is 0 Å². The monoisotopic (exact) mass is 392 g/mol. The Balaban J connectivity index is 1.42. The van der Waals surface area contributed by atoms with Gasteiger partial charge in [-0.25, -0.2) is 0 Å². The van der Waals surface area contributed by atoms with Crippen LogP contribution in [0.1, 0.15) is 31.2 Å². The molecule has 0 spiro atoms. The van der Waals surface area contributed by atoms with E-state index >= 15 is 0 Å². The van der Waals surface area contributed by atoms with Gasteiger partial charge in [0.05, 0.1) is 11.6 Å². The highest BCUT2D eigenvalue weighted by molar-refractivity contribution is 7.86. The highest BCUT2D eigenvalue weighted by atomic mass is 32.2. The number of hydrogen-bond acceptors (Lipinski definition) is 5. The van der Waals surface area contributed by atoms with E-state index in [9.17, 15) is 8.42 Å². The largest absolute Gasteiger partial charge is 0.492 e. The Kier molecular flexibility index (Phi) is 7.07. The Hall–Kier alpha value is -1.66. The lowest BCUT2D eigenvalue weighted by molar-refractivity contribution is 0.154. The van der Waals surface area contributed by atoms with Crippen molar-refractivity contribution in [3.63, 3.8) is 0 Å². The van der Waals surface area contributed by atoms with Crippen molar-refractivity contribution in [1.82, 2.24) is 13.5 Å². The highest BCUT2D eigenvalue weighted by Gasteiger charge is 2.32. The lowest BCUT2D eigenvalue weighted by Crippen LogP contribution is -2.53. The molecule has 1 aromatic carbocycles. The van der Waals surface area contributed by atoms with Crippen LogP contribution >= 0.6 is 0 Å². The van der Waals surface area contributed by atoms with Crippen molar-refractivity contribution in [2.24, 2.45) is 0 Å². The Morgan fingerprint density at radius 3 is 2.07 bits per heavy atom. The van der Waals surface area contributed by atoms with Gasteiger partial charge in [-0.2, -0.15) is 22.3 Å². The van der Waals surface area contributed by atoms with Crippen LogP contribution < -0.4 is 4.74 Å². The molecule has 0 aromatic heterocycles. The summed E-state index contributed by atoms with van der Waals surface area (Å²) in [5.41, 5.74) is 0.615. The van der Waals surface area contributed by atoms with Crippen LogP contribution in [0.3, 0.4) is 0 Å². The number of rotatable bonds is 6. The van der Waals surface area contributed by atoms with Crippen LogP contribution in [0.4, 0.5) is 0 Å². The summed E-state index contributed by atoms with van der Waals surface area (Å²) in [5, 5.41) is 8.80. The fourth-order valence-electron chi connectivity index (χ4n) is 3.54. The predicted octanol–water partition coefficient (Wildman–Crippen LogP) is 1.68. The lowest BCUT2D eigenvalue weighted by atomic mass is 10.2. The van der Waals surface area contributed by atoms with Crippen molar-refractivity contribution >= 4 is 10.2 Å². The lowest BCUT2D eigenvalue weighted by Gasteiger charge is -2.36. The second kappa shape index (κ2) is 9.51. The maximum absolute atomic E-state index is 12.8. The van der Waals surface area contributed by atoms with Gasteiger partial charge in [-0.1, -0.05) is 12.8 Å². The van der Waals surface area contributed by atoms with Crippen molar-refractivity contribution in [3.05, 3.63) is 29.8 Å². The fourth-order valence-corrected chi connectivity index (χ4v) is 5.21. The van der Waals surface area contributed by atoms with Crippen molar-refractivity contribution in [2.75, 3.05) is 52.4 Å². The molecule has 0 unspecified atom stereocenters. The van der Waals surface area contributed by atoms with Crippen molar-refractivity contribution in [2.45, 2.75) is 25.7 Å². The number of nitrogens with zero attached hydrogens (tertiary/aromatic N) is 4. The summed E-state index contributed by atoms with van der Waals surface area (Å²) >= 11 is 0. The van der Waals surface area contributed by atoms with Crippen molar-refractivity contribution < 1.29 is 13.2 Å². The summed E-state index contributed by atoms with van der Waals surface area (Å²) in [5.74, 6) is 0.747. The van der Waals surface area contributed by atoms with Crippen LogP contribution in [-0.2, 0) is 10.2 Å². The van der Waals surface area contributed by atoms with E-state index in [1.165, 1.54) is 0 Å². The van der Waals surface area contributed by atoms with E-state index in [2.05, 4.69) is 11.0 Å². The Morgan fingerprint density at radius 2 is 1.48 bits per heavy atom. The maximum Gasteiger partial charge on any atom is 0.282 e. The molecule has 27 heavy (non-hydrogen) atoms. The Morgan fingerprint density at radius 1 is 0.889 bits per heavy atom. The van der Waals surface area contributed by atoms with Crippen LogP contribution in [-0.4, -0.2) is 74.3 Å². The Bertz CT molecular complexity index is 729. The summed E-state index contributed by atoms with van der Waals surface area (Å²) in [6, 6.07) is 9.15. The topological polar surface area (TPSA) is 76.9 Å². The number of nitriles is 1. The number of piperazine rings is 1. The predicted molar refractivity (Wildman–Crippen MR) is 104 cm³/mol. The molecular weight excluding hydrogens is 364 g/mol. The van der Waals surface area contributed by atoms with Crippen molar-refractivity contribution in [3.8, 4) is 11.8 Å². The molecule has 0 saturated carbocycles.